The van der Waals surface area contributed by atoms with E-state index in [0.717, 1.165) is 24.9 Å². The maximum absolute atomic E-state index is 6.25. The van der Waals surface area contributed by atoms with E-state index < -0.39 is 0 Å². The van der Waals surface area contributed by atoms with Gasteiger partial charge in [-0.15, -0.1) is 0 Å². The van der Waals surface area contributed by atoms with Crippen LogP contribution in [0.3, 0.4) is 0 Å². The van der Waals surface area contributed by atoms with Gasteiger partial charge in [0, 0.05) is 0 Å². The number of hydrogen-bond acceptors (Lipinski definition) is 2. The molecule has 2 saturated carbocycles. The molecule has 0 radical (unpaired) electrons. The Bertz CT molecular complexity index is 233. The molecule has 0 spiro atoms. The van der Waals surface area contributed by atoms with Gasteiger partial charge in [0.15, 0.2) is 0 Å². The van der Waals surface area contributed by atoms with Crippen molar-refractivity contribution < 1.29 is 0 Å². The normalized spacial score (nSPS) is 36.0. The molecular formula is C16H32N2. The summed E-state index contributed by atoms with van der Waals surface area (Å²) >= 11 is 0. The predicted molar refractivity (Wildman–Crippen MR) is 78.3 cm³/mol. The molecule has 4 N–H and O–H groups in total. The zero-order chi connectivity index (χ0) is 12.8. The van der Waals surface area contributed by atoms with Crippen LogP contribution in [-0.2, 0) is 0 Å². The molecule has 0 heterocycles. The summed E-state index contributed by atoms with van der Waals surface area (Å²) in [7, 11) is 0. The van der Waals surface area contributed by atoms with Gasteiger partial charge in [-0.2, -0.15) is 0 Å². The monoisotopic (exact) mass is 252 g/mol. The molecule has 2 nitrogen and oxygen atoms in total. The van der Waals surface area contributed by atoms with Gasteiger partial charge in [0.25, 0.3) is 0 Å². The van der Waals surface area contributed by atoms with Gasteiger partial charge in [-0.3, -0.25) is 0 Å². The van der Waals surface area contributed by atoms with Crippen LogP contribution in [0.25, 0.3) is 0 Å². The fourth-order valence-electron chi connectivity index (χ4n) is 4.41. The summed E-state index contributed by atoms with van der Waals surface area (Å²) in [4.78, 5) is 0. The van der Waals surface area contributed by atoms with Crippen molar-refractivity contribution in [1.29, 1.82) is 0 Å². The molecule has 2 fully saturated rings. The highest BCUT2D eigenvalue weighted by atomic mass is 14.6. The van der Waals surface area contributed by atoms with Crippen LogP contribution in [0.15, 0.2) is 0 Å². The second-order valence-corrected chi connectivity index (χ2v) is 6.79. The first kappa shape index (κ1) is 14.3. The lowest BCUT2D eigenvalue weighted by molar-refractivity contribution is 0.123. The summed E-state index contributed by atoms with van der Waals surface area (Å²) in [6, 6.07) is 0. The van der Waals surface area contributed by atoms with Crippen LogP contribution in [0.2, 0.25) is 0 Å². The summed E-state index contributed by atoms with van der Waals surface area (Å²) in [6.07, 6.45) is 15.4. The minimum Gasteiger partial charge on any atom is -0.330 e. The fourth-order valence-corrected chi connectivity index (χ4v) is 4.41. The second-order valence-electron chi connectivity index (χ2n) is 6.79. The van der Waals surface area contributed by atoms with E-state index >= 15 is 0 Å². The highest BCUT2D eigenvalue weighted by Gasteiger charge is 2.38. The van der Waals surface area contributed by atoms with Crippen molar-refractivity contribution in [1.82, 2.24) is 0 Å². The first-order valence-corrected chi connectivity index (χ1v) is 8.21. The molecule has 2 unspecified atom stereocenters. The van der Waals surface area contributed by atoms with E-state index in [-0.39, 0.29) is 0 Å². The Morgan fingerprint density at radius 1 is 0.778 bits per heavy atom. The maximum Gasteiger partial charge on any atom is -0.00179 e. The standard InChI is InChI=1S/C16H32N2/c17-12-14-6-5-10-16(13-18,11-9-14)15-7-3-1-2-4-8-15/h14-15H,1-13,17-18H2. The van der Waals surface area contributed by atoms with E-state index in [4.69, 9.17) is 11.5 Å². The van der Waals surface area contributed by atoms with Crippen LogP contribution >= 0.6 is 0 Å². The molecule has 0 aliphatic heterocycles. The molecule has 2 aliphatic rings. The molecule has 0 aromatic carbocycles. The Morgan fingerprint density at radius 2 is 1.50 bits per heavy atom. The maximum atomic E-state index is 6.25. The topological polar surface area (TPSA) is 52.0 Å². The molecule has 2 aliphatic carbocycles. The minimum atomic E-state index is 0.467. The molecule has 106 valence electrons. The zero-order valence-electron chi connectivity index (χ0n) is 12.0. The molecule has 2 heteroatoms. The third-order valence-corrected chi connectivity index (χ3v) is 5.80. The summed E-state index contributed by atoms with van der Waals surface area (Å²) in [5.41, 5.74) is 12.6. The average molecular weight is 252 g/mol. The van der Waals surface area contributed by atoms with Crippen LogP contribution in [0.4, 0.5) is 0 Å². The molecule has 0 aromatic heterocycles. The molecule has 0 amide bonds. The van der Waals surface area contributed by atoms with E-state index in [1.54, 1.807) is 0 Å². The molecule has 2 atom stereocenters. The van der Waals surface area contributed by atoms with Gasteiger partial charge in [0.1, 0.15) is 0 Å². The first-order chi connectivity index (χ1) is 8.80. The predicted octanol–water partition coefficient (Wildman–Crippen LogP) is 3.44. The van der Waals surface area contributed by atoms with E-state index in [2.05, 4.69) is 0 Å². The third kappa shape index (κ3) is 3.27. The van der Waals surface area contributed by atoms with Crippen molar-refractivity contribution in [3.63, 3.8) is 0 Å². The van der Waals surface area contributed by atoms with Gasteiger partial charge in [0.2, 0.25) is 0 Å². The van der Waals surface area contributed by atoms with Gasteiger partial charge in [-0.1, -0.05) is 32.1 Å². The van der Waals surface area contributed by atoms with Crippen molar-refractivity contribution in [2.24, 2.45) is 28.7 Å². The SMILES string of the molecule is NCC1CCCC(CN)(C2CCCCCC2)CC1. The number of nitrogens with two attached hydrogens (primary N) is 2. The lowest BCUT2D eigenvalue weighted by atomic mass is 9.67. The molecule has 18 heavy (non-hydrogen) atoms. The van der Waals surface area contributed by atoms with Crippen LogP contribution in [0.5, 0.6) is 0 Å². The number of rotatable bonds is 3. The highest BCUT2D eigenvalue weighted by Crippen LogP contribution is 2.46. The van der Waals surface area contributed by atoms with E-state index in [9.17, 15) is 0 Å². The largest absolute Gasteiger partial charge is 0.330 e. The van der Waals surface area contributed by atoms with Crippen LogP contribution in [-0.4, -0.2) is 13.1 Å². The van der Waals surface area contributed by atoms with Gasteiger partial charge in [0.05, 0.1) is 0 Å². The van der Waals surface area contributed by atoms with Gasteiger partial charge in [-0.25, -0.2) is 0 Å². The summed E-state index contributed by atoms with van der Waals surface area (Å²) in [5.74, 6) is 1.67. The Hall–Kier alpha value is -0.0800. The van der Waals surface area contributed by atoms with Crippen molar-refractivity contribution in [3.8, 4) is 0 Å². The van der Waals surface area contributed by atoms with Gasteiger partial charge >= 0.3 is 0 Å². The van der Waals surface area contributed by atoms with Crippen molar-refractivity contribution in [2.45, 2.75) is 70.6 Å². The van der Waals surface area contributed by atoms with Crippen molar-refractivity contribution in [3.05, 3.63) is 0 Å². The van der Waals surface area contributed by atoms with Crippen molar-refractivity contribution >= 4 is 0 Å². The zero-order valence-corrected chi connectivity index (χ0v) is 12.0. The van der Waals surface area contributed by atoms with Crippen LogP contribution < -0.4 is 11.5 Å². The molecule has 0 bridgehead atoms. The Morgan fingerprint density at radius 3 is 2.11 bits per heavy atom. The minimum absolute atomic E-state index is 0.467. The second kappa shape index (κ2) is 6.91. The molecule has 0 saturated heterocycles. The van der Waals surface area contributed by atoms with Crippen molar-refractivity contribution in [2.75, 3.05) is 13.1 Å². The lowest BCUT2D eigenvalue weighted by Gasteiger charge is -2.39. The average Bonchev–Trinajstić information content (AvgIpc) is 2.79. The highest BCUT2D eigenvalue weighted by molar-refractivity contribution is 4.91. The summed E-state index contributed by atoms with van der Waals surface area (Å²) < 4.78 is 0. The Balaban J connectivity index is 2.03. The lowest BCUT2D eigenvalue weighted by Crippen LogP contribution is -2.37. The van der Waals surface area contributed by atoms with E-state index in [1.807, 2.05) is 0 Å². The first-order valence-electron chi connectivity index (χ1n) is 8.21. The molecule has 0 aromatic rings. The van der Waals surface area contributed by atoms with Crippen LogP contribution in [0, 0.1) is 17.3 Å². The summed E-state index contributed by atoms with van der Waals surface area (Å²) in [6.45, 7) is 1.79. The van der Waals surface area contributed by atoms with Gasteiger partial charge in [-0.05, 0) is 68.9 Å². The Labute approximate surface area is 113 Å². The van der Waals surface area contributed by atoms with Crippen LogP contribution in [0.1, 0.15) is 70.6 Å². The smallest absolute Gasteiger partial charge is 0.00179 e. The number of hydrogen-bond donors (Lipinski definition) is 2. The molecule has 2 rings (SSSR count). The molecular weight excluding hydrogens is 220 g/mol. The van der Waals surface area contributed by atoms with Gasteiger partial charge < -0.3 is 11.5 Å². The van der Waals surface area contributed by atoms with E-state index in [1.165, 1.54) is 70.6 Å². The Kier molecular flexibility index (Phi) is 5.50. The fraction of sp³-hybridized carbons (Fsp3) is 1.00. The summed E-state index contributed by atoms with van der Waals surface area (Å²) in [5, 5.41) is 0. The quantitative estimate of drug-likeness (QED) is 0.756. The third-order valence-electron chi connectivity index (χ3n) is 5.80. The van der Waals surface area contributed by atoms with E-state index in [0.29, 0.717) is 5.41 Å².